The second-order valence-electron chi connectivity index (χ2n) is 6.14. The van der Waals surface area contributed by atoms with Crippen molar-refractivity contribution in [3.8, 4) is 5.75 Å². The normalized spacial score (nSPS) is 13.9. The van der Waals surface area contributed by atoms with Crippen LogP contribution >= 0.6 is 27.7 Å². The largest absolute Gasteiger partial charge is 0.497 e. The lowest BCUT2D eigenvalue weighted by molar-refractivity contribution is 0.414. The highest BCUT2D eigenvalue weighted by molar-refractivity contribution is 9.10. The predicted octanol–water partition coefficient (Wildman–Crippen LogP) is 5.44. The van der Waals surface area contributed by atoms with E-state index in [0.29, 0.717) is 0 Å². The van der Waals surface area contributed by atoms with E-state index in [4.69, 9.17) is 4.74 Å². The first-order chi connectivity index (χ1) is 11.8. The predicted molar refractivity (Wildman–Crippen MR) is 106 cm³/mol. The van der Waals surface area contributed by atoms with Gasteiger partial charge in [-0.2, -0.15) is 11.8 Å². The van der Waals surface area contributed by atoms with Crippen LogP contribution in [0.4, 0.5) is 0 Å². The first kappa shape index (κ1) is 16.1. The van der Waals surface area contributed by atoms with Crippen molar-refractivity contribution in [2.45, 2.75) is 25.1 Å². The molecule has 0 N–H and O–H groups in total. The molecule has 2 heterocycles. The van der Waals surface area contributed by atoms with Gasteiger partial charge in [0.05, 0.1) is 7.11 Å². The molecule has 3 aromatic rings. The number of benzene rings is 2. The number of aromatic nitrogens is 1. The fraction of sp³-hybridized carbons (Fsp3) is 0.300. The van der Waals surface area contributed by atoms with E-state index < -0.39 is 0 Å². The molecular formula is C20H20BrNOS. The molecule has 1 aliphatic heterocycles. The van der Waals surface area contributed by atoms with Gasteiger partial charge < -0.3 is 9.30 Å². The third kappa shape index (κ3) is 2.98. The molecule has 4 heteroatoms. The smallest absolute Gasteiger partial charge is 0.118 e. The molecule has 0 aliphatic carbocycles. The fourth-order valence-corrected chi connectivity index (χ4v) is 4.90. The molecule has 124 valence electrons. The van der Waals surface area contributed by atoms with E-state index in [0.717, 1.165) is 24.5 Å². The number of rotatable bonds is 4. The van der Waals surface area contributed by atoms with Crippen molar-refractivity contribution < 1.29 is 4.74 Å². The van der Waals surface area contributed by atoms with Crippen LogP contribution in [0.2, 0.25) is 0 Å². The van der Waals surface area contributed by atoms with Gasteiger partial charge in [-0.05, 0) is 60.1 Å². The minimum absolute atomic E-state index is 0.921. The van der Waals surface area contributed by atoms with E-state index in [9.17, 15) is 0 Å². The molecule has 0 radical (unpaired) electrons. The summed E-state index contributed by atoms with van der Waals surface area (Å²) >= 11 is 5.68. The van der Waals surface area contributed by atoms with Crippen LogP contribution in [0.5, 0.6) is 5.75 Å². The summed E-state index contributed by atoms with van der Waals surface area (Å²) in [6.07, 6.45) is 2.22. The Bertz CT molecular complexity index is 869. The zero-order valence-corrected chi connectivity index (χ0v) is 16.1. The minimum Gasteiger partial charge on any atom is -0.497 e. The van der Waals surface area contributed by atoms with Crippen molar-refractivity contribution in [3.05, 3.63) is 63.8 Å². The number of thioether (sulfide) groups is 1. The molecule has 1 aliphatic rings. The quantitative estimate of drug-likeness (QED) is 0.577. The minimum atomic E-state index is 0.921. The van der Waals surface area contributed by atoms with Crippen molar-refractivity contribution in [1.82, 2.24) is 4.57 Å². The monoisotopic (exact) mass is 401 g/mol. The molecule has 0 atom stereocenters. The lowest BCUT2D eigenvalue weighted by atomic mass is 10.1. The van der Waals surface area contributed by atoms with Gasteiger partial charge in [0.15, 0.2) is 0 Å². The standard InChI is InChI=1S/C20H20BrNOS/c1-23-16-5-2-14(3-6-16)8-10-22-19-7-4-15(21)12-17(19)18-13-24-11-9-20(18)22/h2-7,12H,8-11,13H2,1H3. The van der Waals surface area contributed by atoms with Crippen LogP contribution in [-0.4, -0.2) is 17.4 Å². The number of ether oxygens (including phenoxy) is 1. The van der Waals surface area contributed by atoms with Crippen LogP contribution in [0.3, 0.4) is 0 Å². The molecule has 0 saturated heterocycles. The fourth-order valence-electron chi connectivity index (χ4n) is 3.53. The summed E-state index contributed by atoms with van der Waals surface area (Å²) in [5.74, 6) is 3.29. The Morgan fingerprint density at radius 2 is 2.00 bits per heavy atom. The Kier molecular flexibility index (Phi) is 4.59. The summed E-state index contributed by atoms with van der Waals surface area (Å²) in [6.45, 7) is 1.03. The number of nitrogens with zero attached hydrogens (tertiary/aromatic N) is 1. The van der Waals surface area contributed by atoms with Gasteiger partial charge >= 0.3 is 0 Å². The van der Waals surface area contributed by atoms with E-state index in [1.165, 1.54) is 44.4 Å². The van der Waals surface area contributed by atoms with Crippen LogP contribution in [0.1, 0.15) is 16.8 Å². The average Bonchev–Trinajstić information content (AvgIpc) is 2.93. The summed E-state index contributed by atoms with van der Waals surface area (Å²) in [5.41, 5.74) is 5.81. The maximum Gasteiger partial charge on any atom is 0.118 e. The molecular weight excluding hydrogens is 382 g/mol. The van der Waals surface area contributed by atoms with Gasteiger partial charge in [0.1, 0.15) is 5.75 Å². The summed E-state index contributed by atoms with van der Waals surface area (Å²) in [6, 6.07) is 15.1. The van der Waals surface area contributed by atoms with Crippen LogP contribution in [0, 0.1) is 0 Å². The number of fused-ring (bicyclic) bond motifs is 3. The Morgan fingerprint density at radius 1 is 1.17 bits per heavy atom. The van der Waals surface area contributed by atoms with Gasteiger partial charge in [0, 0.05) is 33.4 Å². The molecule has 1 aromatic heterocycles. The summed E-state index contributed by atoms with van der Waals surface area (Å²) < 4.78 is 8.96. The molecule has 2 nitrogen and oxygen atoms in total. The summed E-state index contributed by atoms with van der Waals surface area (Å²) in [4.78, 5) is 0. The Hall–Kier alpha value is -1.39. The third-order valence-corrected chi connectivity index (χ3v) is 6.24. The van der Waals surface area contributed by atoms with E-state index in [1.54, 1.807) is 7.11 Å². The highest BCUT2D eigenvalue weighted by atomic mass is 79.9. The molecule has 0 spiro atoms. The van der Waals surface area contributed by atoms with E-state index >= 15 is 0 Å². The number of hydrogen-bond acceptors (Lipinski definition) is 2. The van der Waals surface area contributed by atoms with Crippen LogP contribution in [-0.2, 0) is 25.1 Å². The SMILES string of the molecule is COc1ccc(CCn2c3c(c4cc(Br)ccc42)CSCC3)cc1. The van der Waals surface area contributed by atoms with Crippen LogP contribution in [0.25, 0.3) is 10.9 Å². The van der Waals surface area contributed by atoms with Gasteiger partial charge in [-0.25, -0.2) is 0 Å². The number of hydrogen-bond donors (Lipinski definition) is 0. The third-order valence-electron chi connectivity index (χ3n) is 4.76. The van der Waals surface area contributed by atoms with Gasteiger partial charge in [0.25, 0.3) is 0 Å². The topological polar surface area (TPSA) is 14.2 Å². The lowest BCUT2D eigenvalue weighted by Gasteiger charge is -2.16. The molecule has 0 amide bonds. The van der Waals surface area contributed by atoms with Crippen molar-refractivity contribution in [2.24, 2.45) is 0 Å². The van der Waals surface area contributed by atoms with Gasteiger partial charge in [-0.15, -0.1) is 0 Å². The number of halogens is 1. The van der Waals surface area contributed by atoms with Crippen LogP contribution < -0.4 is 4.74 Å². The second kappa shape index (κ2) is 6.85. The van der Waals surface area contributed by atoms with Crippen molar-refractivity contribution >= 4 is 38.6 Å². The Labute approximate surface area is 155 Å². The molecule has 24 heavy (non-hydrogen) atoms. The van der Waals surface area contributed by atoms with Gasteiger partial charge in [0.2, 0.25) is 0 Å². The van der Waals surface area contributed by atoms with Gasteiger partial charge in [-0.3, -0.25) is 0 Å². The highest BCUT2D eigenvalue weighted by Gasteiger charge is 2.20. The maximum atomic E-state index is 5.25. The molecule has 0 unspecified atom stereocenters. The van der Waals surface area contributed by atoms with Crippen molar-refractivity contribution in [2.75, 3.05) is 12.9 Å². The Balaban J connectivity index is 1.67. The average molecular weight is 402 g/mol. The van der Waals surface area contributed by atoms with E-state index in [1.807, 2.05) is 23.9 Å². The highest BCUT2D eigenvalue weighted by Crippen LogP contribution is 2.35. The lowest BCUT2D eigenvalue weighted by Crippen LogP contribution is -2.10. The zero-order valence-electron chi connectivity index (χ0n) is 13.7. The first-order valence-electron chi connectivity index (χ1n) is 8.26. The molecule has 0 saturated carbocycles. The molecule has 4 rings (SSSR count). The van der Waals surface area contributed by atoms with Crippen LogP contribution in [0.15, 0.2) is 46.9 Å². The van der Waals surface area contributed by atoms with Gasteiger partial charge in [-0.1, -0.05) is 28.1 Å². The zero-order chi connectivity index (χ0) is 16.5. The summed E-state index contributed by atoms with van der Waals surface area (Å²) in [5, 5.41) is 1.42. The second-order valence-corrected chi connectivity index (χ2v) is 8.16. The molecule has 0 bridgehead atoms. The summed E-state index contributed by atoms with van der Waals surface area (Å²) in [7, 11) is 1.71. The first-order valence-corrected chi connectivity index (χ1v) is 10.2. The van der Waals surface area contributed by atoms with E-state index in [2.05, 4.69) is 50.8 Å². The number of aryl methyl sites for hydroxylation is 2. The van der Waals surface area contributed by atoms with Crippen molar-refractivity contribution in [3.63, 3.8) is 0 Å². The maximum absolute atomic E-state index is 5.25. The van der Waals surface area contributed by atoms with Crippen molar-refractivity contribution in [1.29, 1.82) is 0 Å². The van der Waals surface area contributed by atoms with E-state index in [-0.39, 0.29) is 0 Å². The molecule has 0 fully saturated rings. The Morgan fingerprint density at radius 3 is 2.79 bits per heavy atom. The number of methoxy groups -OCH3 is 1. The molecule has 2 aromatic carbocycles.